The van der Waals surface area contributed by atoms with Crippen LogP contribution in [0.1, 0.15) is 0 Å². The molecule has 0 unspecified atom stereocenters. The van der Waals surface area contributed by atoms with Gasteiger partial charge >= 0.3 is 5.97 Å². The van der Waals surface area contributed by atoms with Crippen LogP contribution < -0.4 is 0 Å². The molecule has 0 saturated carbocycles. The average molecular weight is 192 g/mol. The maximum Gasteiger partial charge on any atom is 0.331 e. The topological polar surface area (TPSA) is 54.0 Å². The predicted octanol–water partition coefficient (Wildman–Crippen LogP) is -0.161. The molecule has 5 nitrogen and oxygen atoms in total. The van der Waals surface area contributed by atoms with Gasteiger partial charge in [0, 0.05) is 7.11 Å². The number of carbonyl (C=O) groups excluding carboxylic acids is 1. The van der Waals surface area contributed by atoms with E-state index < -0.39 is 0 Å². The van der Waals surface area contributed by atoms with E-state index in [0.29, 0.717) is 26.4 Å². The van der Waals surface area contributed by atoms with Gasteiger partial charge in [-0.2, -0.15) is 0 Å². The molecule has 0 saturated heterocycles. The Morgan fingerprint density at radius 3 is 2.23 bits per heavy atom. The number of carbonyl (C=O) groups is 1. The first-order valence-electron chi connectivity index (χ1n) is 4.02. The van der Waals surface area contributed by atoms with Crippen molar-refractivity contribution in [2.45, 2.75) is 0 Å². The number of hydrogen-bond donors (Lipinski definition) is 0. The molecule has 0 aliphatic rings. The molecule has 78 valence electrons. The first kappa shape index (κ1) is 12.3. The molecule has 0 radical (unpaired) electrons. The quantitative estimate of drug-likeness (QED) is 0.395. The van der Waals surface area contributed by atoms with Crippen molar-refractivity contribution < 1.29 is 23.7 Å². The summed E-state index contributed by atoms with van der Waals surface area (Å²) in [4.78, 5) is 10.5. The molecule has 0 aromatic heterocycles. The van der Waals surface area contributed by atoms with E-state index in [1.807, 2.05) is 0 Å². The summed E-state index contributed by atoms with van der Waals surface area (Å²) in [6.07, 6.45) is 0. The summed E-state index contributed by atoms with van der Waals surface area (Å²) in [5, 5.41) is 0. The molecule has 0 aliphatic heterocycles. The fraction of sp³-hybridized carbons (Fsp3) is 0.875. The van der Waals surface area contributed by atoms with Crippen LogP contribution in [0.15, 0.2) is 0 Å². The molecule has 0 aliphatic carbocycles. The lowest BCUT2D eigenvalue weighted by atomic mass is 10.7. The summed E-state index contributed by atoms with van der Waals surface area (Å²) in [6.45, 7) is 1.93. The third-order valence-electron chi connectivity index (χ3n) is 1.25. The molecule has 0 amide bonds. The second-order valence-corrected chi connectivity index (χ2v) is 2.23. The first-order valence-corrected chi connectivity index (χ1v) is 4.02. The fourth-order valence-corrected chi connectivity index (χ4v) is 0.577. The molecular formula is C8H16O5. The highest BCUT2D eigenvalue weighted by Gasteiger charge is 1.98. The van der Waals surface area contributed by atoms with Crippen LogP contribution in [-0.2, 0) is 23.7 Å². The van der Waals surface area contributed by atoms with Gasteiger partial charge in [-0.25, -0.2) is 4.79 Å². The smallest absolute Gasteiger partial charge is 0.331 e. The minimum absolute atomic E-state index is 0.0237. The molecule has 5 heteroatoms. The van der Waals surface area contributed by atoms with Crippen molar-refractivity contribution in [1.29, 1.82) is 0 Å². The Hall–Kier alpha value is -0.650. The molecule has 0 spiro atoms. The molecule has 0 fully saturated rings. The molecule has 0 heterocycles. The predicted molar refractivity (Wildman–Crippen MR) is 45.5 cm³/mol. The number of rotatable bonds is 8. The van der Waals surface area contributed by atoms with Gasteiger partial charge in [0.2, 0.25) is 0 Å². The molecule has 0 rings (SSSR count). The van der Waals surface area contributed by atoms with E-state index >= 15 is 0 Å². The van der Waals surface area contributed by atoms with Crippen molar-refractivity contribution >= 4 is 5.97 Å². The molecule has 13 heavy (non-hydrogen) atoms. The molecule has 0 aromatic rings. The van der Waals surface area contributed by atoms with Crippen molar-refractivity contribution in [3.05, 3.63) is 0 Å². The Morgan fingerprint density at radius 1 is 1.00 bits per heavy atom. The summed E-state index contributed by atoms with van der Waals surface area (Å²) in [5.41, 5.74) is 0. The monoisotopic (exact) mass is 192 g/mol. The Balaban J connectivity index is 2.95. The Labute approximate surface area is 77.9 Å². The Bertz CT molecular complexity index is 126. The highest BCUT2D eigenvalue weighted by Crippen LogP contribution is 1.81. The number of esters is 1. The zero-order valence-electron chi connectivity index (χ0n) is 8.08. The maximum atomic E-state index is 10.5. The van der Waals surface area contributed by atoms with Gasteiger partial charge in [0.15, 0.2) is 0 Å². The van der Waals surface area contributed by atoms with E-state index in [2.05, 4.69) is 4.74 Å². The number of methoxy groups -OCH3 is 2. The van der Waals surface area contributed by atoms with Crippen LogP contribution in [-0.4, -0.2) is 53.2 Å². The van der Waals surface area contributed by atoms with Crippen LogP contribution in [0.25, 0.3) is 0 Å². The standard InChI is InChI=1S/C8H16O5/c1-10-3-4-12-5-6-13-7-8(9)11-2/h3-7H2,1-2H3. The summed E-state index contributed by atoms with van der Waals surface area (Å²) >= 11 is 0. The van der Waals surface area contributed by atoms with Crippen molar-refractivity contribution in [3.8, 4) is 0 Å². The third-order valence-corrected chi connectivity index (χ3v) is 1.25. The second kappa shape index (κ2) is 9.44. The summed E-state index contributed by atoms with van der Waals surface area (Å²) in [7, 11) is 2.93. The van der Waals surface area contributed by atoms with E-state index in [-0.39, 0.29) is 12.6 Å². The van der Waals surface area contributed by atoms with E-state index in [1.54, 1.807) is 7.11 Å². The average Bonchev–Trinajstić information content (AvgIpc) is 2.16. The molecule has 0 atom stereocenters. The minimum atomic E-state index is -0.378. The molecule has 0 bridgehead atoms. The van der Waals surface area contributed by atoms with Gasteiger partial charge in [-0.3, -0.25) is 0 Å². The lowest BCUT2D eigenvalue weighted by Gasteiger charge is -2.03. The zero-order chi connectivity index (χ0) is 9.94. The van der Waals surface area contributed by atoms with Crippen LogP contribution in [0.2, 0.25) is 0 Å². The second-order valence-electron chi connectivity index (χ2n) is 2.23. The van der Waals surface area contributed by atoms with Gasteiger partial charge in [0.05, 0.1) is 33.5 Å². The van der Waals surface area contributed by atoms with E-state index in [1.165, 1.54) is 7.11 Å². The Morgan fingerprint density at radius 2 is 1.62 bits per heavy atom. The lowest BCUT2D eigenvalue weighted by molar-refractivity contribution is -0.146. The van der Waals surface area contributed by atoms with Crippen LogP contribution in [0.5, 0.6) is 0 Å². The van der Waals surface area contributed by atoms with E-state index in [9.17, 15) is 4.79 Å². The minimum Gasteiger partial charge on any atom is -0.467 e. The SMILES string of the molecule is COCCOCCOCC(=O)OC. The Kier molecular flexibility index (Phi) is 8.97. The maximum absolute atomic E-state index is 10.5. The largest absolute Gasteiger partial charge is 0.467 e. The van der Waals surface area contributed by atoms with Gasteiger partial charge in [0.1, 0.15) is 6.61 Å². The zero-order valence-corrected chi connectivity index (χ0v) is 8.08. The summed E-state index contributed by atoms with van der Waals surface area (Å²) in [5.74, 6) is -0.378. The van der Waals surface area contributed by atoms with Crippen molar-refractivity contribution in [2.75, 3.05) is 47.3 Å². The van der Waals surface area contributed by atoms with Crippen LogP contribution in [0.3, 0.4) is 0 Å². The normalized spacial score (nSPS) is 10.0. The number of hydrogen-bond acceptors (Lipinski definition) is 5. The van der Waals surface area contributed by atoms with Gasteiger partial charge in [-0.05, 0) is 0 Å². The lowest BCUT2D eigenvalue weighted by Crippen LogP contribution is -2.14. The van der Waals surface area contributed by atoms with Crippen LogP contribution in [0.4, 0.5) is 0 Å². The van der Waals surface area contributed by atoms with Crippen molar-refractivity contribution in [1.82, 2.24) is 0 Å². The summed E-state index contributed by atoms with van der Waals surface area (Å²) in [6, 6.07) is 0. The van der Waals surface area contributed by atoms with Gasteiger partial charge in [-0.15, -0.1) is 0 Å². The molecule has 0 aromatic carbocycles. The van der Waals surface area contributed by atoms with E-state index in [4.69, 9.17) is 14.2 Å². The molecular weight excluding hydrogens is 176 g/mol. The van der Waals surface area contributed by atoms with Gasteiger partial charge in [-0.1, -0.05) is 0 Å². The molecule has 0 N–H and O–H groups in total. The van der Waals surface area contributed by atoms with Crippen molar-refractivity contribution in [2.24, 2.45) is 0 Å². The van der Waals surface area contributed by atoms with Crippen LogP contribution >= 0.6 is 0 Å². The summed E-state index contributed by atoms with van der Waals surface area (Å²) < 4.78 is 19.1. The third kappa shape index (κ3) is 9.26. The highest BCUT2D eigenvalue weighted by atomic mass is 16.6. The van der Waals surface area contributed by atoms with Gasteiger partial charge < -0.3 is 18.9 Å². The van der Waals surface area contributed by atoms with Crippen LogP contribution in [0, 0.1) is 0 Å². The highest BCUT2D eigenvalue weighted by molar-refractivity contribution is 5.70. The van der Waals surface area contributed by atoms with E-state index in [0.717, 1.165) is 0 Å². The first-order chi connectivity index (χ1) is 6.31. The van der Waals surface area contributed by atoms with Gasteiger partial charge in [0.25, 0.3) is 0 Å². The fourth-order valence-electron chi connectivity index (χ4n) is 0.577. The number of ether oxygens (including phenoxy) is 4. The van der Waals surface area contributed by atoms with Crippen molar-refractivity contribution in [3.63, 3.8) is 0 Å².